The third-order valence-electron chi connectivity index (χ3n) is 3.54. The van der Waals surface area contributed by atoms with Crippen LogP contribution in [0.2, 0.25) is 0 Å². The van der Waals surface area contributed by atoms with Crippen molar-refractivity contribution < 1.29 is 25.2 Å². The SMILES string of the molecule is N=Cc1cccc(C#CC2OC(CO)[C@@H](O)C(O)C2O)c1N. The summed E-state index contributed by atoms with van der Waals surface area (Å²) in [4.78, 5) is 0. The second-order valence-corrected chi connectivity index (χ2v) is 4.97. The summed E-state index contributed by atoms with van der Waals surface area (Å²) < 4.78 is 5.28. The molecular formula is C15H18N2O5. The standard InChI is InChI=1S/C15H18N2O5/c16-6-9-3-1-2-8(12(9)17)4-5-10-13(19)15(21)14(20)11(7-18)22-10/h1-3,6,10-11,13-16,18-21H,7,17H2/t10?,11?,13?,14-,15?/m1/s1. The summed E-state index contributed by atoms with van der Waals surface area (Å²) in [5, 5.41) is 45.6. The minimum atomic E-state index is -1.46. The zero-order chi connectivity index (χ0) is 16.3. The van der Waals surface area contributed by atoms with Gasteiger partial charge in [0.2, 0.25) is 0 Å². The van der Waals surface area contributed by atoms with E-state index in [4.69, 9.17) is 21.0 Å². The molecule has 1 aliphatic heterocycles. The Balaban J connectivity index is 2.25. The Labute approximate surface area is 127 Å². The number of nitrogens with one attached hydrogen (secondary N) is 1. The van der Waals surface area contributed by atoms with Crippen molar-refractivity contribution in [3.63, 3.8) is 0 Å². The molecule has 1 aliphatic rings. The van der Waals surface area contributed by atoms with E-state index in [9.17, 15) is 15.3 Å². The lowest BCUT2D eigenvalue weighted by atomic mass is 9.95. The number of nitrogen functional groups attached to an aromatic ring is 1. The highest BCUT2D eigenvalue weighted by molar-refractivity contribution is 5.87. The predicted octanol–water partition coefficient (Wildman–Crippen LogP) is -1.54. The molecule has 1 saturated heterocycles. The maximum absolute atomic E-state index is 9.88. The van der Waals surface area contributed by atoms with E-state index in [0.29, 0.717) is 16.8 Å². The quantitative estimate of drug-likeness (QED) is 0.222. The number of anilines is 1. The van der Waals surface area contributed by atoms with Crippen LogP contribution in [0.15, 0.2) is 18.2 Å². The summed E-state index contributed by atoms with van der Waals surface area (Å²) >= 11 is 0. The van der Waals surface area contributed by atoms with Crippen LogP contribution >= 0.6 is 0 Å². The van der Waals surface area contributed by atoms with E-state index in [1.54, 1.807) is 18.2 Å². The summed E-state index contributed by atoms with van der Waals surface area (Å²) in [5.41, 5.74) is 7.16. The number of ether oxygens (including phenoxy) is 1. The number of para-hydroxylation sites is 1. The molecule has 0 spiro atoms. The highest BCUT2D eigenvalue weighted by Crippen LogP contribution is 2.21. The molecular weight excluding hydrogens is 288 g/mol. The number of hydrogen-bond donors (Lipinski definition) is 6. The Bertz CT molecular complexity index is 608. The van der Waals surface area contributed by atoms with Crippen LogP contribution in [0.4, 0.5) is 5.69 Å². The molecule has 4 unspecified atom stereocenters. The van der Waals surface area contributed by atoms with Crippen LogP contribution in [0.3, 0.4) is 0 Å². The van der Waals surface area contributed by atoms with E-state index in [0.717, 1.165) is 6.21 Å². The van der Waals surface area contributed by atoms with Crippen LogP contribution in [-0.2, 0) is 4.74 Å². The third kappa shape index (κ3) is 3.11. The number of aliphatic hydroxyl groups excluding tert-OH is 4. The smallest absolute Gasteiger partial charge is 0.147 e. The lowest BCUT2D eigenvalue weighted by Crippen LogP contribution is -2.58. The molecule has 1 aromatic carbocycles. The molecule has 1 aromatic rings. The zero-order valence-corrected chi connectivity index (χ0v) is 11.7. The van der Waals surface area contributed by atoms with Gasteiger partial charge in [-0.2, -0.15) is 0 Å². The Morgan fingerprint density at radius 1 is 1.23 bits per heavy atom. The summed E-state index contributed by atoms with van der Waals surface area (Å²) in [6.45, 7) is -0.505. The molecule has 0 aromatic heterocycles. The second-order valence-electron chi connectivity index (χ2n) is 4.97. The Morgan fingerprint density at radius 3 is 2.59 bits per heavy atom. The highest BCUT2D eigenvalue weighted by Gasteiger charge is 2.42. The van der Waals surface area contributed by atoms with Crippen LogP contribution in [-0.4, -0.2) is 63.8 Å². The molecule has 7 heteroatoms. The summed E-state index contributed by atoms with van der Waals surface area (Å²) in [5.74, 6) is 5.37. The second kappa shape index (κ2) is 6.87. The van der Waals surface area contributed by atoms with Crippen LogP contribution in [0.5, 0.6) is 0 Å². The van der Waals surface area contributed by atoms with Gasteiger partial charge in [0.05, 0.1) is 12.3 Å². The van der Waals surface area contributed by atoms with Gasteiger partial charge in [-0.25, -0.2) is 0 Å². The molecule has 0 saturated carbocycles. The molecule has 1 fully saturated rings. The van der Waals surface area contributed by atoms with E-state index < -0.39 is 37.1 Å². The maximum Gasteiger partial charge on any atom is 0.147 e. The van der Waals surface area contributed by atoms with Crippen molar-refractivity contribution in [2.24, 2.45) is 0 Å². The Hall–Kier alpha value is -1.95. The normalized spacial score (nSPS) is 31.2. The van der Waals surface area contributed by atoms with Crippen molar-refractivity contribution in [2.45, 2.75) is 30.5 Å². The number of rotatable bonds is 2. The van der Waals surface area contributed by atoms with Crippen molar-refractivity contribution in [1.82, 2.24) is 0 Å². The van der Waals surface area contributed by atoms with Crippen LogP contribution in [0.1, 0.15) is 11.1 Å². The lowest BCUT2D eigenvalue weighted by molar-refractivity contribution is -0.214. The van der Waals surface area contributed by atoms with Gasteiger partial charge in [0, 0.05) is 17.3 Å². The molecule has 0 aliphatic carbocycles. The van der Waals surface area contributed by atoms with Gasteiger partial charge in [0.25, 0.3) is 0 Å². The van der Waals surface area contributed by atoms with Crippen LogP contribution < -0.4 is 5.73 Å². The first kappa shape index (κ1) is 16.4. The molecule has 0 amide bonds. The van der Waals surface area contributed by atoms with Crippen LogP contribution in [0, 0.1) is 17.3 Å². The molecule has 22 heavy (non-hydrogen) atoms. The average Bonchev–Trinajstić information content (AvgIpc) is 2.53. The van der Waals surface area contributed by atoms with E-state index >= 15 is 0 Å². The van der Waals surface area contributed by atoms with Gasteiger partial charge >= 0.3 is 0 Å². The number of aliphatic hydroxyl groups is 4. The van der Waals surface area contributed by atoms with Gasteiger partial charge in [-0.3, -0.25) is 0 Å². The Morgan fingerprint density at radius 2 is 1.95 bits per heavy atom. The van der Waals surface area contributed by atoms with E-state index in [1.807, 2.05) is 0 Å². The zero-order valence-electron chi connectivity index (χ0n) is 11.7. The molecule has 7 N–H and O–H groups in total. The summed E-state index contributed by atoms with van der Waals surface area (Å²) in [7, 11) is 0. The van der Waals surface area contributed by atoms with Crippen LogP contribution in [0.25, 0.3) is 0 Å². The maximum atomic E-state index is 9.88. The fraction of sp³-hybridized carbons (Fsp3) is 0.400. The van der Waals surface area contributed by atoms with Gasteiger partial charge in [0.1, 0.15) is 30.5 Å². The largest absolute Gasteiger partial charge is 0.397 e. The van der Waals surface area contributed by atoms with E-state index in [-0.39, 0.29) is 0 Å². The fourth-order valence-electron chi connectivity index (χ4n) is 2.19. The molecule has 2 rings (SSSR count). The van der Waals surface area contributed by atoms with Crippen molar-refractivity contribution in [2.75, 3.05) is 12.3 Å². The number of nitrogens with two attached hydrogens (primary N) is 1. The first-order chi connectivity index (χ1) is 10.5. The highest BCUT2D eigenvalue weighted by atomic mass is 16.5. The van der Waals surface area contributed by atoms with Gasteiger partial charge < -0.3 is 36.3 Å². The average molecular weight is 306 g/mol. The number of hydrogen-bond acceptors (Lipinski definition) is 7. The monoisotopic (exact) mass is 306 g/mol. The van der Waals surface area contributed by atoms with Gasteiger partial charge in [-0.1, -0.05) is 24.0 Å². The van der Waals surface area contributed by atoms with Crippen molar-refractivity contribution in [1.29, 1.82) is 5.41 Å². The third-order valence-corrected chi connectivity index (χ3v) is 3.54. The first-order valence-electron chi connectivity index (χ1n) is 6.70. The molecule has 5 atom stereocenters. The minimum absolute atomic E-state index is 0.328. The molecule has 7 nitrogen and oxygen atoms in total. The summed E-state index contributed by atoms with van der Waals surface area (Å²) in [6, 6.07) is 5.01. The van der Waals surface area contributed by atoms with Gasteiger partial charge in [0.15, 0.2) is 0 Å². The topological polar surface area (TPSA) is 140 Å². The van der Waals surface area contributed by atoms with Crippen molar-refractivity contribution >= 4 is 11.9 Å². The predicted molar refractivity (Wildman–Crippen MR) is 79.4 cm³/mol. The molecule has 0 bridgehead atoms. The lowest BCUT2D eigenvalue weighted by Gasteiger charge is -2.37. The van der Waals surface area contributed by atoms with Gasteiger partial charge in [-0.05, 0) is 6.07 Å². The van der Waals surface area contributed by atoms with Crippen molar-refractivity contribution in [3.05, 3.63) is 29.3 Å². The first-order valence-corrected chi connectivity index (χ1v) is 6.70. The Kier molecular flexibility index (Phi) is 5.13. The van der Waals surface area contributed by atoms with E-state index in [1.165, 1.54) is 0 Å². The van der Waals surface area contributed by atoms with E-state index in [2.05, 4.69) is 11.8 Å². The molecule has 0 radical (unpaired) electrons. The van der Waals surface area contributed by atoms with Crippen molar-refractivity contribution in [3.8, 4) is 11.8 Å². The summed E-state index contributed by atoms with van der Waals surface area (Å²) in [6.07, 6.45) is -5.24. The molecule has 1 heterocycles. The number of benzene rings is 1. The fourth-order valence-corrected chi connectivity index (χ4v) is 2.19. The molecule has 118 valence electrons. The van der Waals surface area contributed by atoms with Gasteiger partial charge in [-0.15, -0.1) is 0 Å². The minimum Gasteiger partial charge on any atom is -0.397 e.